The molecule has 2 amide bonds. The summed E-state index contributed by atoms with van der Waals surface area (Å²) in [6.45, 7) is 1.29. The minimum atomic E-state index is -0.315. The van der Waals surface area contributed by atoms with Crippen LogP contribution in [0.5, 0.6) is 0 Å². The predicted octanol–water partition coefficient (Wildman–Crippen LogP) is -0.226. The van der Waals surface area contributed by atoms with Gasteiger partial charge in [0.05, 0.1) is 13.1 Å². The van der Waals surface area contributed by atoms with Crippen molar-refractivity contribution in [2.45, 2.75) is 32.1 Å². The van der Waals surface area contributed by atoms with Crippen LogP contribution < -0.4 is 16.4 Å². The zero-order valence-corrected chi connectivity index (χ0v) is 11.7. The van der Waals surface area contributed by atoms with Crippen molar-refractivity contribution in [3.63, 3.8) is 0 Å². The van der Waals surface area contributed by atoms with E-state index >= 15 is 0 Å². The zero-order valence-electron chi connectivity index (χ0n) is 11.7. The highest BCUT2D eigenvalue weighted by Gasteiger charge is 2.33. The number of nitrogens with one attached hydrogen (secondary N) is 2. The van der Waals surface area contributed by atoms with Crippen LogP contribution in [0.3, 0.4) is 0 Å². The maximum Gasteiger partial charge on any atom is 0.239 e. The van der Waals surface area contributed by atoms with Crippen LogP contribution in [-0.2, 0) is 14.3 Å². The molecule has 1 fully saturated rings. The first-order valence-electron chi connectivity index (χ1n) is 6.84. The topological polar surface area (TPSA) is 93.5 Å². The highest BCUT2D eigenvalue weighted by molar-refractivity contribution is 5.85. The average molecular weight is 271 g/mol. The summed E-state index contributed by atoms with van der Waals surface area (Å²) in [6.07, 6.45) is 5.66. The molecule has 0 spiro atoms. The monoisotopic (exact) mass is 271 g/mol. The number of hydrogen-bond acceptors (Lipinski definition) is 4. The number of rotatable bonds is 8. The molecule has 0 aliphatic heterocycles. The molecule has 1 saturated carbocycles. The number of methoxy groups -OCH3 is 1. The molecular weight excluding hydrogens is 246 g/mol. The van der Waals surface area contributed by atoms with Gasteiger partial charge in [0, 0.05) is 20.3 Å². The first-order chi connectivity index (χ1) is 9.12. The van der Waals surface area contributed by atoms with Crippen LogP contribution in [0.25, 0.3) is 0 Å². The molecule has 0 unspecified atom stereocenters. The van der Waals surface area contributed by atoms with Gasteiger partial charge < -0.3 is 21.1 Å². The van der Waals surface area contributed by atoms with Gasteiger partial charge in [-0.1, -0.05) is 12.8 Å². The molecule has 1 rings (SSSR count). The number of carbonyl (C=O) groups is 2. The molecular formula is C13H25N3O3. The SMILES string of the molecule is COCCC1(CNC(=O)CNC(=O)CN)CCCC1. The molecule has 4 N–H and O–H groups in total. The Balaban J connectivity index is 2.31. The van der Waals surface area contributed by atoms with Crippen LogP contribution in [0.4, 0.5) is 0 Å². The van der Waals surface area contributed by atoms with E-state index < -0.39 is 0 Å². The third-order valence-electron chi connectivity index (χ3n) is 3.79. The van der Waals surface area contributed by atoms with E-state index in [-0.39, 0.29) is 30.3 Å². The van der Waals surface area contributed by atoms with Crippen LogP contribution in [0.15, 0.2) is 0 Å². The number of carbonyl (C=O) groups excluding carboxylic acids is 2. The van der Waals surface area contributed by atoms with Crippen LogP contribution in [0, 0.1) is 5.41 Å². The van der Waals surface area contributed by atoms with Gasteiger partial charge in [0.2, 0.25) is 11.8 Å². The van der Waals surface area contributed by atoms with E-state index in [1.54, 1.807) is 7.11 Å². The quantitative estimate of drug-likeness (QED) is 0.568. The van der Waals surface area contributed by atoms with Crippen LogP contribution in [-0.4, -0.2) is 45.2 Å². The Morgan fingerprint density at radius 2 is 1.89 bits per heavy atom. The van der Waals surface area contributed by atoms with Crippen molar-refractivity contribution in [2.75, 3.05) is 33.4 Å². The first kappa shape index (κ1) is 15.9. The molecule has 0 heterocycles. The van der Waals surface area contributed by atoms with Gasteiger partial charge in [-0.25, -0.2) is 0 Å². The number of ether oxygens (including phenoxy) is 1. The van der Waals surface area contributed by atoms with Gasteiger partial charge in [-0.3, -0.25) is 9.59 Å². The predicted molar refractivity (Wildman–Crippen MR) is 72.5 cm³/mol. The van der Waals surface area contributed by atoms with E-state index in [2.05, 4.69) is 10.6 Å². The van der Waals surface area contributed by atoms with Gasteiger partial charge in [0.1, 0.15) is 0 Å². The standard InChI is InChI=1S/C13H25N3O3/c1-19-7-6-13(4-2-3-5-13)10-16-12(18)9-15-11(17)8-14/h2-10,14H2,1H3,(H,15,17)(H,16,18). The number of nitrogens with two attached hydrogens (primary N) is 1. The van der Waals surface area contributed by atoms with Gasteiger partial charge in [-0.2, -0.15) is 0 Å². The summed E-state index contributed by atoms with van der Waals surface area (Å²) in [5, 5.41) is 5.37. The fourth-order valence-corrected chi connectivity index (χ4v) is 2.56. The Morgan fingerprint density at radius 3 is 2.47 bits per heavy atom. The Morgan fingerprint density at radius 1 is 1.21 bits per heavy atom. The van der Waals surface area contributed by atoms with E-state index in [9.17, 15) is 9.59 Å². The largest absolute Gasteiger partial charge is 0.385 e. The normalized spacial score (nSPS) is 17.2. The fraction of sp³-hybridized carbons (Fsp3) is 0.846. The molecule has 0 bridgehead atoms. The minimum absolute atomic E-state index is 0.00358. The van der Waals surface area contributed by atoms with Crippen molar-refractivity contribution >= 4 is 11.8 Å². The fourth-order valence-electron chi connectivity index (χ4n) is 2.56. The van der Waals surface area contributed by atoms with Crippen molar-refractivity contribution in [3.05, 3.63) is 0 Å². The lowest BCUT2D eigenvalue weighted by Crippen LogP contribution is -2.43. The Bertz CT molecular complexity index is 302. The maximum absolute atomic E-state index is 11.6. The summed E-state index contributed by atoms with van der Waals surface area (Å²) in [5.41, 5.74) is 5.32. The molecule has 0 aromatic heterocycles. The summed E-state index contributed by atoms with van der Waals surface area (Å²) in [6, 6.07) is 0. The van der Waals surface area contributed by atoms with E-state index in [1.807, 2.05) is 0 Å². The van der Waals surface area contributed by atoms with E-state index in [0.29, 0.717) is 6.54 Å². The van der Waals surface area contributed by atoms with Crippen LogP contribution in [0.2, 0.25) is 0 Å². The van der Waals surface area contributed by atoms with Crippen molar-refractivity contribution < 1.29 is 14.3 Å². The van der Waals surface area contributed by atoms with Crippen LogP contribution >= 0.6 is 0 Å². The average Bonchev–Trinajstić information content (AvgIpc) is 2.89. The van der Waals surface area contributed by atoms with Crippen molar-refractivity contribution in [3.8, 4) is 0 Å². The molecule has 6 nitrogen and oxygen atoms in total. The molecule has 1 aliphatic carbocycles. The second-order valence-electron chi connectivity index (χ2n) is 5.21. The highest BCUT2D eigenvalue weighted by atomic mass is 16.5. The zero-order chi connectivity index (χ0) is 14.1. The van der Waals surface area contributed by atoms with E-state index in [1.165, 1.54) is 12.8 Å². The molecule has 0 aromatic carbocycles. The molecule has 6 heteroatoms. The lowest BCUT2D eigenvalue weighted by Gasteiger charge is -2.29. The van der Waals surface area contributed by atoms with Crippen molar-refractivity contribution in [1.82, 2.24) is 10.6 Å². The lowest BCUT2D eigenvalue weighted by atomic mass is 9.83. The minimum Gasteiger partial charge on any atom is -0.385 e. The van der Waals surface area contributed by atoms with Crippen LogP contribution in [0.1, 0.15) is 32.1 Å². The third-order valence-corrected chi connectivity index (χ3v) is 3.79. The summed E-state index contributed by atoms with van der Waals surface area (Å²) >= 11 is 0. The summed E-state index contributed by atoms with van der Waals surface area (Å²) in [4.78, 5) is 22.6. The maximum atomic E-state index is 11.6. The van der Waals surface area contributed by atoms with E-state index in [0.717, 1.165) is 25.9 Å². The molecule has 1 aliphatic rings. The summed E-state index contributed by atoms with van der Waals surface area (Å²) < 4.78 is 5.15. The second-order valence-corrected chi connectivity index (χ2v) is 5.21. The summed E-state index contributed by atoms with van der Waals surface area (Å²) in [7, 11) is 1.70. The smallest absolute Gasteiger partial charge is 0.239 e. The first-order valence-corrected chi connectivity index (χ1v) is 6.84. The molecule has 0 atom stereocenters. The van der Waals surface area contributed by atoms with Gasteiger partial charge in [0.15, 0.2) is 0 Å². The molecule has 0 aromatic rings. The third kappa shape index (κ3) is 5.57. The molecule has 0 radical (unpaired) electrons. The Kier molecular flexibility index (Phi) is 6.80. The molecule has 19 heavy (non-hydrogen) atoms. The lowest BCUT2D eigenvalue weighted by molar-refractivity contribution is -0.125. The van der Waals surface area contributed by atoms with Crippen molar-refractivity contribution in [2.24, 2.45) is 11.1 Å². The number of amides is 2. The highest BCUT2D eigenvalue weighted by Crippen LogP contribution is 2.40. The van der Waals surface area contributed by atoms with Gasteiger partial charge >= 0.3 is 0 Å². The summed E-state index contributed by atoms with van der Waals surface area (Å²) in [5.74, 6) is -0.476. The van der Waals surface area contributed by atoms with Gasteiger partial charge in [0.25, 0.3) is 0 Å². The second kappa shape index (κ2) is 8.12. The Labute approximate surface area is 114 Å². The van der Waals surface area contributed by atoms with E-state index in [4.69, 9.17) is 10.5 Å². The molecule has 110 valence electrons. The van der Waals surface area contributed by atoms with Gasteiger partial charge in [-0.05, 0) is 24.7 Å². The molecule has 0 saturated heterocycles. The van der Waals surface area contributed by atoms with Gasteiger partial charge in [-0.15, -0.1) is 0 Å². The number of hydrogen-bond donors (Lipinski definition) is 3. The Hall–Kier alpha value is -1.14. The van der Waals surface area contributed by atoms with Crippen molar-refractivity contribution in [1.29, 1.82) is 0 Å².